The molecular weight excluding hydrogens is 274 g/mol. The monoisotopic (exact) mass is 295 g/mol. The molecular formula is C18H21N3O. The topological polar surface area (TPSA) is 53.5 Å². The number of nitrogens with one attached hydrogen (secondary N) is 2. The van der Waals surface area contributed by atoms with Gasteiger partial charge in [0.15, 0.2) is 0 Å². The molecule has 2 aromatic rings. The molecule has 0 atom stereocenters. The summed E-state index contributed by atoms with van der Waals surface area (Å²) in [6.45, 7) is 6.26. The van der Waals surface area contributed by atoms with Crippen LogP contribution in [0.2, 0.25) is 0 Å². The first-order valence-electron chi connectivity index (χ1n) is 7.25. The summed E-state index contributed by atoms with van der Waals surface area (Å²) in [4.78, 5) is 11.8. The van der Waals surface area contributed by atoms with E-state index in [1.165, 1.54) is 5.56 Å². The van der Waals surface area contributed by atoms with Crippen molar-refractivity contribution in [2.75, 3.05) is 11.9 Å². The molecule has 0 aliphatic heterocycles. The van der Waals surface area contributed by atoms with E-state index in [0.717, 1.165) is 22.4 Å². The summed E-state index contributed by atoms with van der Waals surface area (Å²) < 4.78 is 0. The molecule has 0 fully saturated rings. The number of carbonyl (C=O) groups is 1. The van der Waals surface area contributed by atoms with Gasteiger partial charge in [-0.15, -0.1) is 0 Å². The number of benzene rings is 2. The number of aryl methyl sites for hydroxylation is 3. The smallest absolute Gasteiger partial charge is 0.259 e. The molecule has 0 heterocycles. The summed E-state index contributed by atoms with van der Waals surface area (Å²) in [6, 6.07) is 14.0. The van der Waals surface area contributed by atoms with Gasteiger partial charge in [0.25, 0.3) is 5.91 Å². The number of amides is 1. The summed E-state index contributed by atoms with van der Waals surface area (Å²) in [5, 5.41) is 7.10. The van der Waals surface area contributed by atoms with Crippen molar-refractivity contribution in [1.82, 2.24) is 5.43 Å². The third kappa shape index (κ3) is 4.45. The Hall–Kier alpha value is -2.62. The summed E-state index contributed by atoms with van der Waals surface area (Å²) in [5.41, 5.74) is 7.92. The van der Waals surface area contributed by atoms with Gasteiger partial charge in [0.05, 0.1) is 12.8 Å². The molecule has 2 aromatic carbocycles. The minimum atomic E-state index is -0.176. The van der Waals surface area contributed by atoms with Crippen LogP contribution in [0, 0.1) is 20.8 Å². The number of hydrogen-bond donors (Lipinski definition) is 2. The molecule has 22 heavy (non-hydrogen) atoms. The highest BCUT2D eigenvalue weighted by Crippen LogP contribution is 2.15. The molecule has 0 radical (unpaired) electrons. The van der Waals surface area contributed by atoms with Gasteiger partial charge in [0.2, 0.25) is 0 Å². The predicted octanol–water partition coefficient (Wildman–Crippen LogP) is 3.17. The van der Waals surface area contributed by atoms with Crippen molar-refractivity contribution >= 4 is 17.8 Å². The van der Waals surface area contributed by atoms with Crippen LogP contribution in [-0.4, -0.2) is 18.7 Å². The second-order valence-electron chi connectivity index (χ2n) is 5.32. The zero-order chi connectivity index (χ0) is 15.9. The zero-order valence-electron chi connectivity index (χ0n) is 13.2. The van der Waals surface area contributed by atoms with E-state index in [4.69, 9.17) is 0 Å². The number of anilines is 1. The molecule has 0 spiro atoms. The first-order valence-corrected chi connectivity index (χ1v) is 7.25. The Morgan fingerprint density at radius 1 is 1.09 bits per heavy atom. The average molecular weight is 295 g/mol. The summed E-state index contributed by atoms with van der Waals surface area (Å²) in [7, 11) is 0. The SMILES string of the molecule is Cc1ccc(NCC(=O)NN=Cc2ccccc2C)c(C)c1. The highest BCUT2D eigenvalue weighted by Gasteiger charge is 2.02. The van der Waals surface area contributed by atoms with Crippen LogP contribution in [0.5, 0.6) is 0 Å². The Balaban J connectivity index is 1.84. The minimum absolute atomic E-state index is 0.176. The van der Waals surface area contributed by atoms with Gasteiger partial charge in [-0.05, 0) is 43.5 Å². The molecule has 2 N–H and O–H groups in total. The molecule has 0 unspecified atom stereocenters. The van der Waals surface area contributed by atoms with E-state index in [9.17, 15) is 4.79 Å². The van der Waals surface area contributed by atoms with E-state index in [2.05, 4.69) is 21.9 Å². The summed E-state index contributed by atoms with van der Waals surface area (Å²) >= 11 is 0. The second kappa shape index (κ2) is 7.41. The van der Waals surface area contributed by atoms with Gasteiger partial charge < -0.3 is 5.32 Å². The number of rotatable bonds is 5. The quantitative estimate of drug-likeness (QED) is 0.657. The summed E-state index contributed by atoms with van der Waals surface area (Å²) in [5.74, 6) is -0.176. The van der Waals surface area contributed by atoms with Crippen LogP contribution in [0.4, 0.5) is 5.69 Å². The van der Waals surface area contributed by atoms with Crippen molar-refractivity contribution in [3.05, 3.63) is 64.7 Å². The third-order valence-corrected chi connectivity index (χ3v) is 3.40. The van der Waals surface area contributed by atoms with E-state index >= 15 is 0 Å². The van der Waals surface area contributed by atoms with Crippen LogP contribution in [0.1, 0.15) is 22.3 Å². The molecule has 0 aliphatic carbocycles. The Labute approximate surface area is 131 Å². The molecule has 0 saturated heterocycles. The molecule has 2 rings (SSSR count). The van der Waals surface area contributed by atoms with E-state index in [-0.39, 0.29) is 12.5 Å². The Morgan fingerprint density at radius 3 is 2.59 bits per heavy atom. The Morgan fingerprint density at radius 2 is 1.86 bits per heavy atom. The molecule has 0 saturated carbocycles. The molecule has 0 aliphatic rings. The first-order chi connectivity index (χ1) is 10.6. The molecule has 4 heteroatoms. The molecule has 1 amide bonds. The van der Waals surface area contributed by atoms with Crippen molar-refractivity contribution < 1.29 is 4.79 Å². The summed E-state index contributed by atoms with van der Waals surface area (Å²) in [6.07, 6.45) is 1.66. The minimum Gasteiger partial charge on any atom is -0.376 e. The zero-order valence-corrected chi connectivity index (χ0v) is 13.2. The lowest BCUT2D eigenvalue weighted by atomic mass is 10.1. The number of carbonyl (C=O) groups excluding carboxylic acids is 1. The van der Waals surface area contributed by atoms with Gasteiger partial charge in [-0.25, -0.2) is 5.43 Å². The van der Waals surface area contributed by atoms with Crippen LogP contribution in [0.15, 0.2) is 47.6 Å². The van der Waals surface area contributed by atoms with E-state index in [0.29, 0.717) is 0 Å². The van der Waals surface area contributed by atoms with E-state index in [1.54, 1.807) is 6.21 Å². The number of hydrazone groups is 1. The number of hydrogen-bond acceptors (Lipinski definition) is 3. The second-order valence-corrected chi connectivity index (χ2v) is 5.32. The van der Waals surface area contributed by atoms with Gasteiger partial charge in [0.1, 0.15) is 0 Å². The van der Waals surface area contributed by atoms with Crippen molar-refractivity contribution in [1.29, 1.82) is 0 Å². The van der Waals surface area contributed by atoms with E-state index < -0.39 is 0 Å². The average Bonchev–Trinajstić information content (AvgIpc) is 2.48. The largest absolute Gasteiger partial charge is 0.376 e. The highest BCUT2D eigenvalue weighted by molar-refractivity contribution is 5.85. The van der Waals surface area contributed by atoms with Crippen LogP contribution >= 0.6 is 0 Å². The van der Waals surface area contributed by atoms with Crippen LogP contribution in [0.25, 0.3) is 0 Å². The van der Waals surface area contributed by atoms with Crippen LogP contribution in [0.3, 0.4) is 0 Å². The van der Waals surface area contributed by atoms with Crippen molar-refractivity contribution in [2.24, 2.45) is 5.10 Å². The lowest BCUT2D eigenvalue weighted by Gasteiger charge is -2.09. The van der Waals surface area contributed by atoms with E-state index in [1.807, 2.05) is 57.2 Å². The highest BCUT2D eigenvalue weighted by atomic mass is 16.2. The van der Waals surface area contributed by atoms with Crippen LogP contribution in [-0.2, 0) is 4.79 Å². The normalized spacial score (nSPS) is 10.7. The third-order valence-electron chi connectivity index (χ3n) is 3.40. The Kier molecular flexibility index (Phi) is 5.31. The lowest BCUT2D eigenvalue weighted by molar-refractivity contribution is -0.119. The fourth-order valence-corrected chi connectivity index (χ4v) is 2.13. The van der Waals surface area contributed by atoms with Gasteiger partial charge >= 0.3 is 0 Å². The van der Waals surface area contributed by atoms with Gasteiger partial charge in [-0.1, -0.05) is 42.0 Å². The maximum absolute atomic E-state index is 11.8. The fraction of sp³-hybridized carbons (Fsp3) is 0.222. The van der Waals surface area contributed by atoms with Crippen molar-refractivity contribution in [3.63, 3.8) is 0 Å². The maximum Gasteiger partial charge on any atom is 0.259 e. The van der Waals surface area contributed by atoms with Gasteiger partial charge in [-0.2, -0.15) is 5.10 Å². The molecule has 0 bridgehead atoms. The molecule has 0 aromatic heterocycles. The standard InChI is InChI=1S/C18H21N3O/c1-13-8-9-17(15(3)10-13)19-12-18(22)21-20-11-16-7-5-4-6-14(16)2/h4-11,19H,12H2,1-3H3,(H,21,22). The maximum atomic E-state index is 11.8. The van der Waals surface area contributed by atoms with Gasteiger partial charge in [-0.3, -0.25) is 4.79 Å². The molecule has 4 nitrogen and oxygen atoms in total. The first kappa shape index (κ1) is 15.8. The van der Waals surface area contributed by atoms with Crippen molar-refractivity contribution in [2.45, 2.75) is 20.8 Å². The van der Waals surface area contributed by atoms with Crippen molar-refractivity contribution in [3.8, 4) is 0 Å². The number of nitrogens with zero attached hydrogens (tertiary/aromatic N) is 1. The Bertz CT molecular complexity index is 692. The van der Waals surface area contributed by atoms with Crippen LogP contribution < -0.4 is 10.7 Å². The van der Waals surface area contributed by atoms with Gasteiger partial charge in [0, 0.05) is 5.69 Å². The lowest BCUT2D eigenvalue weighted by Crippen LogP contribution is -2.26. The molecule has 114 valence electrons. The predicted molar refractivity (Wildman–Crippen MR) is 91.3 cm³/mol. The fourth-order valence-electron chi connectivity index (χ4n) is 2.13.